The van der Waals surface area contributed by atoms with Gasteiger partial charge in [-0.05, 0) is 49.2 Å². The van der Waals surface area contributed by atoms with Gasteiger partial charge in [-0.1, -0.05) is 35.3 Å². The van der Waals surface area contributed by atoms with Crippen molar-refractivity contribution in [2.75, 3.05) is 6.61 Å². The van der Waals surface area contributed by atoms with Gasteiger partial charge in [0.1, 0.15) is 0 Å². The number of Topliss-reactive ketones (excluding diaryl/α,β-unsaturated/α-hetero) is 1. The predicted octanol–water partition coefficient (Wildman–Crippen LogP) is 3.72. The molecule has 1 aliphatic rings. The number of nitrogens with zero attached hydrogens (tertiary/aromatic N) is 4. The van der Waals surface area contributed by atoms with Crippen LogP contribution >= 0.6 is 23.2 Å². The SMILES string of the molecule is O=C(Cn1cnc2c1c(=O)n(C[C@H]1CCCO1)c(=O)n2-c1ccccc1Cl)c1ccc(Cl)cc1. The maximum Gasteiger partial charge on any atom is 0.337 e. The summed E-state index contributed by atoms with van der Waals surface area (Å²) in [5.74, 6) is -0.225. The Morgan fingerprint density at radius 3 is 2.56 bits per heavy atom. The monoisotopic (exact) mass is 498 g/mol. The van der Waals surface area contributed by atoms with Crippen molar-refractivity contribution in [3.05, 3.63) is 91.3 Å². The van der Waals surface area contributed by atoms with E-state index in [1.54, 1.807) is 48.5 Å². The van der Waals surface area contributed by atoms with Gasteiger partial charge in [-0.3, -0.25) is 14.2 Å². The zero-order valence-corrected chi connectivity index (χ0v) is 19.5. The molecule has 34 heavy (non-hydrogen) atoms. The average molecular weight is 499 g/mol. The molecule has 0 radical (unpaired) electrons. The summed E-state index contributed by atoms with van der Waals surface area (Å²) in [6.45, 7) is 0.566. The van der Waals surface area contributed by atoms with E-state index in [1.807, 2.05) is 0 Å². The molecule has 8 nitrogen and oxygen atoms in total. The number of benzene rings is 2. The topological polar surface area (TPSA) is 88.1 Å². The minimum Gasteiger partial charge on any atom is -0.376 e. The summed E-state index contributed by atoms with van der Waals surface area (Å²) in [5, 5.41) is 0.852. The van der Waals surface area contributed by atoms with Gasteiger partial charge >= 0.3 is 5.69 Å². The number of aromatic nitrogens is 4. The second-order valence-corrected chi connectivity index (χ2v) is 8.94. The van der Waals surface area contributed by atoms with Gasteiger partial charge in [0.25, 0.3) is 5.56 Å². The minimum atomic E-state index is -0.560. The zero-order valence-electron chi connectivity index (χ0n) is 18.0. The molecule has 10 heteroatoms. The summed E-state index contributed by atoms with van der Waals surface area (Å²) in [6.07, 6.45) is 2.77. The highest BCUT2D eigenvalue weighted by molar-refractivity contribution is 6.32. The first-order valence-corrected chi connectivity index (χ1v) is 11.6. The van der Waals surface area contributed by atoms with E-state index in [2.05, 4.69) is 4.98 Å². The molecule has 3 heterocycles. The summed E-state index contributed by atoms with van der Waals surface area (Å²) in [7, 11) is 0. The lowest BCUT2D eigenvalue weighted by atomic mass is 10.1. The first-order valence-electron chi connectivity index (χ1n) is 10.8. The van der Waals surface area contributed by atoms with Crippen LogP contribution < -0.4 is 11.2 Å². The standard InChI is InChI=1S/C24H20Cl2N4O4/c25-16-9-7-15(8-10-16)20(31)13-28-14-27-22-21(28)23(32)29(12-17-4-3-11-34-17)24(33)30(22)19-6-2-1-5-18(19)26/h1-2,5-10,14,17H,3-4,11-13H2/t17-/m1/s1. The molecule has 0 unspecified atom stereocenters. The summed E-state index contributed by atoms with van der Waals surface area (Å²) in [5.41, 5.74) is 0.0332. The molecule has 0 N–H and O–H groups in total. The Kier molecular flexibility index (Phi) is 6.12. The molecular formula is C24H20Cl2N4O4. The van der Waals surface area contributed by atoms with Crippen LogP contribution in [0, 0.1) is 0 Å². The maximum atomic E-state index is 13.5. The third-order valence-corrected chi connectivity index (χ3v) is 6.46. The average Bonchev–Trinajstić information content (AvgIpc) is 3.49. The number of carbonyl (C=O) groups excluding carboxylic acids is 1. The highest BCUT2D eigenvalue weighted by Crippen LogP contribution is 2.22. The number of para-hydroxylation sites is 1. The van der Waals surface area contributed by atoms with Crippen molar-refractivity contribution in [3.8, 4) is 5.69 Å². The molecular weight excluding hydrogens is 479 g/mol. The van der Waals surface area contributed by atoms with Gasteiger partial charge in [-0.25, -0.2) is 14.3 Å². The molecule has 2 aromatic heterocycles. The van der Waals surface area contributed by atoms with Crippen molar-refractivity contribution >= 4 is 40.1 Å². The highest BCUT2D eigenvalue weighted by atomic mass is 35.5. The van der Waals surface area contributed by atoms with E-state index in [1.165, 1.54) is 15.5 Å². The molecule has 0 amide bonds. The largest absolute Gasteiger partial charge is 0.376 e. The molecule has 174 valence electrons. The number of ether oxygens (including phenoxy) is 1. The fourth-order valence-electron chi connectivity index (χ4n) is 4.18. The van der Waals surface area contributed by atoms with Crippen molar-refractivity contribution < 1.29 is 9.53 Å². The van der Waals surface area contributed by atoms with Crippen molar-refractivity contribution in [2.45, 2.75) is 32.0 Å². The first kappa shape index (κ1) is 22.6. The third kappa shape index (κ3) is 4.09. The Bertz CT molecular complexity index is 1500. The number of rotatable bonds is 6. The molecule has 2 aromatic carbocycles. The van der Waals surface area contributed by atoms with E-state index in [-0.39, 0.29) is 36.1 Å². The molecule has 0 bridgehead atoms. The maximum absolute atomic E-state index is 13.5. The Morgan fingerprint density at radius 2 is 1.85 bits per heavy atom. The Morgan fingerprint density at radius 1 is 1.09 bits per heavy atom. The van der Waals surface area contributed by atoms with Gasteiger partial charge in [0.15, 0.2) is 16.9 Å². The number of hydrogen-bond acceptors (Lipinski definition) is 5. The van der Waals surface area contributed by atoms with Gasteiger partial charge in [-0.2, -0.15) is 0 Å². The second-order valence-electron chi connectivity index (χ2n) is 8.09. The summed E-state index contributed by atoms with van der Waals surface area (Å²) in [4.78, 5) is 44.3. The number of halogens is 2. The molecule has 1 saturated heterocycles. The van der Waals surface area contributed by atoms with Crippen LogP contribution in [-0.4, -0.2) is 37.2 Å². The predicted molar refractivity (Wildman–Crippen MR) is 129 cm³/mol. The van der Waals surface area contributed by atoms with E-state index in [9.17, 15) is 14.4 Å². The minimum absolute atomic E-state index is 0.106. The van der Waals surface area contributed by atoms with Gasteiger partial charge in [-0.15, -0.1) is 0 Å². The lowest BCUT2D eigenvalue weighted by Gasteiger charge is -2.16. The Labute approximate surface area is 203 Å². The summed E-state index contributed by atoms with van der Waals surface area (Å²) in [6, 6.07) is 13.3. The van der Waals surface area contributed by atoms with E-state index in [0.717, 1.165) is 17.4 Å². The quantitative estimate of drug-likeness (QED) is 0.378. The molecule has 0 saturated carbocycles. The molecule has 5 rings (SSSR count). The molecule has 1 atom stereocenters. The number of fused-ring (bicyclic) bond motifs is 1. The number of hydrogen-bond donors (Lipinski definition) is 0. The van der Waals surface area contributed by atoms with Crippen molar-refractivity contribution in [1.29, 1.82) is 0 Å². The van der Waals surface area contributed by atoms with Crippen LogP contribution in [0.4, 0.5) is 0 Å². The van der Waals surface area contributed by atoms with Crippen molar-refractivity contribution in [1.82, 2.24) is 18.7 Å². The van der Waals surface area contributed by atoms with E-state index >= 15 is 0 Å². The van der Waals surface area contributed by atoms with Crippen molar-refractivity contribution in [2.24, 2.45) is 0 Å². The van der Waals surface area contributed by atoms with Crippen LogP contribution in [0.5, 0.6) is 0 Å². The first-order chi connectivity index (χ1) is 16.4. The van der Waals surface area contributed by atoms with Crippen LogP contribution in [0.25, 0.3) is 16.9 Å². The Hall–Kier alpha value is -3.20. The lowest BCUT2D eigenvalue weighted by molar-refractivity contribution is 0.0947. The van der Waals surface area contributed by atoms with Crippen molar-refractivity contribution in [3.63, 3.8) is 0 Å². The van der Waals surface area contributed by atoms with Gasteiger partial charge < -0.3 is 9.30 Å². The van der Waals surface area contributed by atoms with Crippen LogP contribution in [0.1, 0.15) is 23.2 Å². The molecule has 1 fully saturated rings. The second kappa shape index (κ2) is 9.21. The van der Waals surface area contributed by atoms with Crippen LogP contribution in [0.3, 0.4) is 0 Å². The number of ketones is 1. The number of imidazole rings is 1. The number of carbonyl (C=O) groups is 1. The fourth-order valence-corrected chi connectivity index (χ4v) is 4.53. The van der Waals surface area contributed by atoms with Crippen LogP contribution in [0.15, 0.2) is 64.4 Å². The van der Waals surface area contributed by atoms with Gasteiger partial charge in [0, 0.05) is 17.2 Å². The smallest absolute Gasteiger partial charge is 0.337 e. The van der Waals surface area contributed by atoms with Gasteiger partial charge in [0.2, 0.25) is 0 Å². The Balaban J connectivity index is 1.68. The molecule has 4 aromatic rings. The lowest BCUT2D eigenvalue weighted by Crippen LogP contribution is -2.42. The van der Waals surface area contributed by atoms with E-state index in [4.69, 9.17) is 27.9 Å². The summed E-state index contributed by atoms with van der Waals surface area (Å²) >= 11 is 12.3. The molecule has 0 aliphatic carbocycles. The third-order valence-electron chi connectivity index (χ3n) is 5.88. The fraction of sp³-hybridized carbons (Fsp3) is 0.250. The van der Waals surface area contributed by atoms with E-state index in [0.29, 0.717) is 27.9 Å². The van der Waals surface area contributed by atoms with Gasteiger partial charge in [0.05, 0.1) is 36.2 Å². The molecule has 1 aliphatic heterocycles. The summed E-state index contributed by atoms with van der Waals surface area (Å²) < 4.78 is 9.60. The van der Waals surface area contributed by atoms with Crippen LogP contribution in [-0.2, 0) is 17.8 Å². The zero-order chi connectivity index (χ0) is 23.8. The molecule has 0 spiro atoms. The normalized spacial score (nSPS) is 15.8. The van der Waals surface area contributed by atoms with E-state index < -0.39 is 11.2 Å². The highest BCUT2D eigenvalue weighted by Gasteiger charge is 2.24. The van der Waals surface area contributed by atoms with Crippen LogP contribution in [0.2, 0.25) is 10.0 Å².